The maximum atomic E-state index is 13.1. The van der Waals surface area contributed by atoms with Crippen LogP contribution >= 0.6 is 0 Å². The van der Waals surface area contributed by atoms with Gasteiger partial charge in [-0.2, -0.15) is 0 Å². The Kier molecular flexibility index (Phi) is 4.11. The molecule has 17 heavy (non-hydrogen) atoms. The van der Waals surface area contributed by atoms with E-state index in [2.05, 4.69) is 0 Å². The molecule has 1 aromatic rings. The van der Waals surface area contributed by atoms with Crippen molar-refractivity contribution in [3.8, 4) is 5.75 Å². The van der Waals surface area contributed by atoms with Gasteiger partial charge < -0.3 is 15.9 Å². The van der Waals surface area contributed by atoms with Crippen molar-refractivity contribution in [2.24, 2.45) is 11.1 Å². The average Bonchev–Trinajstić information content (AvgIpc) is 2.20. The third-order valence-corrected chi connectivity index (χ3v) is 2.95. The topological polar surface area (TPSA) is 66.5 Å². The molecule has 0 fully saturated rings. The van der Waals surface area contributed by atoms with Gasteiger partial charge in [0, 0.05) is 6.04 Å². The quantitative estimate of drug-likeness (QED) is 0.761. The Labute approximate surface area is 101 Å². The van der Waals surface area contributed by atoms with Crippen molar-refractivity contribution in [1.29, 1.82) is 0 Å². The molecule has 4 heteroatoms. The van der Waals surface area contributed by atoms with Crippen molar-refractivity contribution in [3.05, 3.63) is 29.6 Å². The van der Waals surface area contributed by atoms with Gasteiger partial charge in [-0.3, -0.25) is 0 Å². The van der Waals surface area contributed by atoms with E-state index in [0.717, 1.165) is 6.07 Å². The lowest BCUT2D eigenvalue weighted by molar-refractivity contribution is 0.133. The van der Waals surface area contributed by atoms with Gasteiger partial charge >= 0.3 is 0 Å². The molecule has 2 atom stereocenters. The van der Waals surface area contributed by atoms with Gasteiger partial charge in [0.05, 0.1) is 6.10 Å². The first-order valence-corrected chi connectivity index (χ1v) is 5.64. The van der Waals surface area contributed by atoms with Gasteiger partial charge in [0.25, 0.3) is 0 Å². The predicted octanol–water partition coefficient (Wildman–Crippen LogP) is 2.33. The molecular formula is C13H20FNO2. The summed E-state index contributed by atoms with van der Waals surface area (Å²) >= 11 is 0. The van der Waals surface area contributed by atoms with Crippen molar-refractivity contribution in [1.82, 2.24) is 0 Å². The molecule has 1 aromatic carbocycles. The summed E-state index contributed by atoms with van der Waals surface area (Å²) in [6.45, 7) is 5.96. The van der Waals surface area contributed by atoms with E-state index < -0.39 is 17.7 Å². The van der Waals surface area contributed by atoms with E-state index in [1.165, 1.54) is 12.1 Å². The summed E-state index contributed by atoms with van der Waals surface area (Å²) < 4.78 is 13.1. The van der Waals surface area contributed by atoms with Gasteiger partial charge in [-0.1, -0.05) is 26.8 Å². The molecule has 1 rings (SSSR count). The Hall–Kier alpha value is -1.13. The fourth-order valence-corrected chi connectivity index (χ4v) is 1.46. The van der Waals surface area contributed by atoms with Crippen LogP contribution in [0.4, 0.5) is 4.39 Å². The fourth-order valence-electron chi connectivity index (χ4n) is 1.46. The largest absolute Gasteiger partial charge is 0.505 e. The highest BCUT2D eigenvalue weighted by Crippen LogP contribution is 2.28. The third-order valence-electron chi connectivity index (χ3n) is 2.95. The van der Waals surface area contributed by atoms with Gasteiger partial charge in [-0.25, -0.2) is 4.39 Å². The molecule has 4 N–H and O–H groups in total. The SMILES string of the molecule is CC(C)(C)[C@@H](N)C[C@@H](O)c1ccc(O)c(F)c1. The molecule has 0 aliphatic rings. The lowest BCUT2D eigenvalue weighted by Crippen LogP contribution is -2.36. The lowest BCUT2D eigenvalue weighted by atomic mass is 9.83. The van der Waals surface area contributed by atoms with Crippen molar-refractivity contribution in [2.75, 3.05) is 0 Å². The highest BCUT2D eigenvalue weighted by Gasteiger charge is 2.24. The number of rotatable bonds is 3. The predicted molar refractivity (Wildman–Crippen MR) is 65.1 cm³/mol. The number of aliphatic hydroxyl groups is 1. The van der Waals surface area contributed by atoms with Gasteiger partial charge in [0.1, 0.15) is 0 Å². The van der Waals surface area contributed by atoms with E-state index in [1.807, 2.05) is 20.8 Å². The molecule has 0 amide bonds. The van der Waals surface area contributed by atoms with Crippen LogP contribution in [0.25, 0.3) is 0 Å². The zero-order chi connectivity index (χ0) is 13.2. The summed E-state index contributed by atoms with van der Waals surface area (Å²) in [5.41, 5.74) is 6.27. The molecule has 0 spiro atoms. The maximum Gasteiger partial charge on any atom is 0.165 e. The molecule has 0 bridgehead atoms. The number of aromatic hydroxyl groups is 1. The maximum absolute atomic E-state index is 13.1. The van der Waals surface area contributed by atoms with Crippen molar-refractivity contribution >= 4 is 0 Å². The van der Waals surface area contributed by atoms with E-state index in [1.54, 1.807) is 0 Å². The van der Waals surface area contributed by atoms with Crippen molar-refractivity contribution < 1.29 is 14.6 Å². The molecule has 0 heterocycles. The number of phenolic OH excluding ortho intramolecular Hbond substituents is 1. The minimum atomic E-state index is -0.820. The lowest BCUT2D eigenvalue weighted by Gasteiger charge is -2.29. The number of benzene rings is 1. The Morgan fingerprint density at radius 1 is 1.35 bits per heavy atom. The first kappa shape index (κ1) is 13.9. The first-order valence-electron chi connectivity index (χ1n) is 5.64. The van der Waals surface area contributed by atoms with Gasteiger partial charge in [0.2, 0.25) is 0 Å². The van der Waals surface area contributed by atoms with Gasteiger partial charge in [-0.05, 0) is 29.5 Å². The minimum absolute atomic E-state index is 0.115. The molecule has 0 saturated carbocycles. The van der Waals surface area contributed by atoms with Crippen molar-refractivity contribution in [3.63, 3.8) is 0 Å². The van der Waals surface area contributed by atoms with Crippen LogP contribution in [0.1, 0.15) is 38.9 Å². The summed E-state index contributed by atoms with van der Waals surface area (Å²) in [4.78, 5) is 0. The Balaban J connectivity index is 2.76. The summed E-state index contributed by atoms with van der Waals surface area (Å²) in [6.07, 6.45) is -0.465. The fraction of sp³-hybridized carbons (Fsp3) is 0.538. The van der Waals surface area contributed by atoms with E-state index in [-0.39, 0.29) is 11.5 Å². The number of phenols is 1. The van der Waals surface area contributed by atoms with Crippen LogP contribution in [0.15, 0.2) is 18.2 Å². The molecular weight excluding hydrogens is 221 g/mol. The summed E-state index contributed by atoms with van der Waals surface area (Å²) in [6, 6.07) is 3.68. The van der Waals surface area contributed by atoms with Crippen LogP contribution in [0.2, 0.25) is 0 Å². The zero-order valence-corrected chi connectivity index (χ0v) is 10.4. The van der Waals surface area contributed by atoms with Crippen molar-refractivity contribution in [2.45, 2.75) is 39.3 Å². The number of nitrogens with two attached hydrogens (primary N) is 1. The van der Waals surface area contributed by atoms with E-state index in [9.17, 15) is 9.50 Å². The Morgan fingerprint density at radius 2 is 1.94 bits per heavy atom. The smallest absolute Gasteiger partial charge is 0.165 e. The van der Waals surface area contributed by atoms with Crippen LogP contribution in [0.5, 0.6) is 5.75 Å². The molecule has 3 nitrogen and oxygen atoms in total. The van der Waals surface area contributed by atoms with Crippen LogP contribution in [-0.4, -0.2) is 16.3 Å². The molecule has 0 saturated heterocycles. The first-order chi connectivity index (χ1) is 7.71. The third kappa shape index (κ3) is 3.68. The zero-order valence-electron chi connectivity index (χ0n) is 10.4. The van der Waals surface area contributed by atoms with E-state index >= 15 is 0 Å². The van der Waals surface area contributed by atoms with Crippen LogP contribution < -0.4 is 5.73 Å². The normalized spacial score (nSPS) is 15.6. The second kappa shape index (κ2) is 5.02. The highest BCUT2D eigenvalue weighted by molar-refractivity contribution is 5.29. The number of aliphatic hydroxyl groups excluding tert-OH is 1. The summed E-state index contributed by atoms with van der Waals surface area (Å²) in [5, 5.41) is 19.0. The second-order valence-corrected chi connectivity index (χ2v) is 5.43. The summed E-state index contributed by atoms with van der Waals surface area (Å²) in [7, 11) is 0. The van der Waals surface area contributed by atoms with Gasteiger partial charge in [0.15, 0.2) is 11.6 Å². The summed E-state index contributed by atoms with van der Waals surface area (Å²) in [5.74, 6) is -1.15. The van der Waals surface area contributed by atoms with E-state index in [4.69, 9.17) is 10.8 Å². The molecule has 0 unspecified atom stereocenters. The molecule has 0 aliphatic heterocycles. The average molecular weight is 241 g/mol. The van der Waals surface area contributed by atoms with E-state index in [0.29, 0.717) is 12.0 Å². The molecule has 96 valence electrons. The monoisotopic (exact) mass is 241 g/mol. The molecule has 0 aliphatic carbocycles. The Morgan fingerprint density at radius 3 is 2.41 bits per heavy atom. The minimum Gasteiger partial charge on any atom is -0.505 e. The molecule has 0 radical (unpaired) electrons. The van der Waals surface area contributed by atoms with Crippen LogP contribution in [0.3, 0.4) is 0 Å². The standard InChI is InChI=1S/C13H20FNO2/c1-13(2,3)12(15)7-11(17)8-4-5-10(16)9(14)6-8/h4-6,11-12,16-17H,7,15H2,1-3H3/t11-,12+/m1/s1. The molecule has 0 aromatic heterocycles. The number of halogens is 1. The van der Waals surface area contributed by atoms with Crippen LogP contribution in [0, 0.1) is 11.2 Å². The van der Waals surface area contributed by atoms with Gasteiger partial charge in [-0.15, -0.1) is 0 Å². The second-order valence-electron chi connectivity index (χ2n) is 5.43. The van der Waals surface area contributed by atoms with Crippen LogP contribution in [-0.2, 0) is 0 Å². The highest BCUT2D eigenvalue weighted by atomic mass is 19.1. The Bertz CT molecular complexity index is 387. The number of hydrogen-bond donors (Lipinski definition) is 3. The number of hydrogen-bond acceptors (Lipinski definition) is 3.